The second-order valence-electron chi connectivity index (χ2n) is 7.06. The molecule has 7 heteroatoms. The Morgan fingerprint density at radius 2 is 1.96 bits per heavy atom. The van der Waals surface area contributed by atoms with Crippen LogP contribution >= 0.6 is 11.3 Å². The standard InChI is InChI=1S/C21H21N5OS/c1-12(2)26-20-16(11-23-26)15(9-17(24-20)18-7-6-14(4)28-18)21(27)25-19-8-5-13(3)10-22-19/h5-12H,1-4H3,(H,22,25,27). The van der Waals surface area contributed by atoms with Crippen LogP contribution in [-0.2, 0) is 0 Å². The van der Waals surface area contributed by atoms with Gasteiger partial charge in [0.15, 0.2) is 5.65 Å². The van der Waals surface area contributed by atoms with Crippen molar-refractivity contribution in [1.29, 1.82) is 0 Å². The van der Waals surface area contributed by atoms with Gasteiger partial charge in [-0.2, -0.15) is 5.10 Å². The lowest BCUT2D eigenvalue weighted by Gasteiger charge is -2.10. The molecule has 0 unspecified atom stereocenters. The third-order valence-corrected chi connectivity index (χ3v) is 5.47. The Hall–Kier alpha value is -3.06. The number of amides is 1. The normalized spacial score (nSPS) is 11.3. The summed E-state index contributed by atoms with van der Waals surface area (Å²) in [6, 6.07) is 9.78. The maximum atomic E-state index is 13.1. The van der Waals surface area contributed by atoms with Crippen LogP contribution in [0.1, 0.15) is 40.7 Å². The highest BCUT2D eigenvalue weighted by molar-refractivity contribution is 7.15. The maximum absolute atomic E-state index is 13.1. The van der Waals surface area contributed by atoms with Crippen molar-refractivity contribution >= 4 is 34.1 Å². The van der Waals surface area contributed by atoms with Gasteiger partial charge in [-0.3, -0.25) is 4.79 Å². The largest absolute Gasteiger partial charge is 0.307 e. The summed E-state index contributed by atoms with van der Waals surface area (Å²) in [5.74, 6) is 0.298. The molecule has 1 amide bonds. The highest BCUT2D eigenvalue weighted by Crippen LogP contribution is 2.30. The molecule has 0 aliphatic rings. The van der Waals surface area contributed by atoms with Gasteiger partial charge in [-0.05, 0) is 57.5 Å². The molecule has 0 atom stereocenters. The second-order valence-corrected chi connectivity index (χ2v) is 8.35. The van der Waals surface area contributed by atoms with Crippen LogP contribution in [0.2, 0.25) is 0 Å². The number of rotatable bonds is 4. The topological polar surface area (TPSA) is 72.7 Å². The Kier molecular flexibility index (Phi) is 4.68. The molecular weight excluding hydrogens is 370 g/mol. The number of carbonyl (C=O) groups is 1. The number of hydrogen-bond acceptors (Lipinski definition) is 5. The molecule has 1 N–H and O–H groups in total. The molecule has 0 radical (unpaired) electrons. The van der Waals surface area contributed by atoms with Crippen LogP contribution in [0.3, 0.4) is 0 Å². The first kappa shape index (κ1) is 18.3. The molecule has 4 aromatic rings. The number of fused-ring (bicyclic) bond motifs is 1. The zero-order valence-corrected chi connectivity index (χ0v) is 17.0. The number of anilines is 1. The van der Waals surface area contributed by atoms with Crippen LogP contribution in [-0.4, -0.2) is 25.7 Å². The first-order chi connectivity index (χ1) is 13.4. The zero-order valence-electron chi connectivity index (χ0n) is 16.2. The van der Waals surface area contributed by atoms with Crippen LogP contribution in [0.5, 0.6) is 0 Å². The van der Waals surface area contributed by atoms with Gasteiger partial charge in [0, 0.05) is 17.1 Å². The third kappa shape index (κ3) is 3.41. The van der Waals surface area contributed by atoms with Crippen LogP contribution in [0.4, 0.5) is 5.82 Å². The highest BCUT2D eigenvalue weighted by Gasteiger charge is 2.19. The van der Waals surface area contributed by atoms with Crippen LogP contribution < -0.4 is 5.32 Å². The minimum absolute atomic E-state index is 0.139. The fraction of sp³-hybridized carbons (Fsp3) is 0.238. The van der Waals surface area contributed by atoms with Gasteiger partial charge >= 0.3 is 0 Å². The van der Waals surface area contributed by atoms with Crippen molar-refractivity contribution in [2.45, 2.75) is 33.7 Å². The Bertz CT molecular complexity index is 1160. The average Bonchev–Trinajstić information content (AvgIpc) is 3.29. The summed E-state index contributed by atoms with van der Waals surface area (Å²) in [4.78, 5) is 24.4. The van der Waals surface area contributed by atoms with Gasteiger partial charge < -0.3 is 5.32 Å². The lowest BCUT2D eigenvalue weighted by molar-refractivity contribution is 0.102. The molecular formula is C21H21N5OS. The van der Waals surface area contributed by atoms with Crippen molar-refractivity contribution in [3.05, 3.63) is 58.7 Å². The fourth-order valence-electron chi connectivity index (χ4n) is 3.01. The van der Waals surface area contributed by atoms with Gasteiger partial charge in [0.05, 0.1) is 27.7 Å². The van der Waals surface area contributed by atoms with E-state index < -0.39 is 0 Å². The highest BCUT2D eigenvalue weighted by atomic mass is 32.1. The van der Waals surface area contributed by atoms with E-state index in [4.69, 9.17) is 4.98 Å². The van der Waals surface area contributed by atoms with Crippen molar-refractivity contribution in [3.63, 3.8) is 0 Å². The van der Waals surface area contributed by atoms with Gasteiger partial charge in [-0.25, -0.2) is 14.6 Å². The molecule has 0 aliphatic carbocycles. The SMILES string of the molecule is Cc1ccc(NC(=O)c2cc(-c3ccc(C)s3)nc3c2cnn3C(C)C)nc1. The number of hydrogen-bond donors (Lipinski definition) is 1. The number of pyridine rings is 2. The van der Waals surface area contributed by atoms with Crippen molar-refractivity contribution in [2.24, 2.45) is 0 Å². The smallest absolute Gasteiger partial charge is 0.257 e. The van der Waals surface area contributed by atoms with Gasteiger partial charge in [0.1, 0.15) is 5.82 Å². The van der Waals surface area contributed by atoms with E-state index in [1.54, 1.807) is 29.8 Å². The third-order valence-electron chi connectivity index (χ3n) is 4.45. The predicted molar refractivity (Wildman–Crippen MR) is 113 cm³/mol. The first-order valence-electron chi connectivity index (χ1n) is 9.11. The molecule has 28 heavy (non-hydrogen) atoms. The summed E-state index contributed by atoms with van der Waals surface area (Å²) < 4.78 is 1.85. The summed E-state index contributed by atoms with van der Waals surface area (Å²) in [7, 11) is 0. The van der Waals surface area contributed by atoms with Gasteiger partial charge in [0.25, 0.3) is 5.91 Å². The maximum Gasteiger partial charge on any atom is 0.257 e. The second kappa shape index (κ2) is 7.16. The molecule has 142 valence electrons. The number of nitrogens with one attached hydrogen (secondary N) is 1. The van der Waals surface area contributed by atoms with Gasteiger partial charge in [0.2, 0.25) is 0 Å². The number of nitrogens with zero attached hydrogens (tertiary/aromatic N) is 4. The van der Waals surface area contributed by atoms with E-state index in [1.807, 2.05) is 43.7 Å². The van der Waals surface area contributed by atoms with E-state index in [1.165, 1.54) is 4.88 Å². The van der Waals surface area contributed by atoms with Crippen molar-refractivity contribution in [3.8, 4) is 10.6 Å². The summed E-state index contributed by atoms with van der Waals surface area (Å²) in [5.41, 5.74) is 3.06. The minimum atomic E-state index is -0.221. The Labute approximate surface area is 167 Å². The number of aryl methyl sites for hydroxylation is 2. The molecule has 4 rings (SSSR count). The van der Waals surface area contributed by atoms with E-state index >= 15 is 0 Å². The molecule has 0 aromatic carbocycles. The quantitative estimate of drug-likeness (QED) is 0.531. The molecule has 0 bridgehead atoms. The Balaban J connectivity index is 1.83. The minimum Gasteiger partial charge on any atom is -0.307 e. The van der Waals surface area contributed by atoms with Crippen molar-refractivity contribution in [2.75, 3.05) is 5.32 Å². The van der Waals surface area contributed by atoms with Crippen LogP contribution in [0.25, 0.3) is 21.6 Å². The Morgan fingerprint density at radius 3 is 2.61 bits per heavy atom. The molecule has 0 spiro atoms. The summed E-state index contributed by atoms with van der Waals surface area (Å²) in [5, 5.41) is 8.08. The molecule has 4 heterocycles. The number of thiophene rings is 1. The average molecular weight is 392 g/mol. The van der Waals surface area contributed by atoms with E-state index in [0.717, 1.165) is 21.5 Å². The van der Waals surface area contributed by atoms with Crippen LogP contribution in [0, 0.1) is 13.8 Å². The van der Waals surface area contributed by atoms with E-state index in [9.17, 15) is 4.79 Å². The van der Waals surface area contributed by atoms with Crippen LogP contribution in [0.15, 0.2) is 42.7 Å². The van der Waals surface area contributed by atoms with Gasteiger partial charge in [-0.1, -0.05) is 6.07 Å². The summed E-state index contributed by atoms with van der Waals surface area (Å²) in [6.07, 6.45) is 3.44. The van der Waals surface area contributed by atoms with E-state index in [0.29, 0.717) is 17.0 Å². The molecule has 4 aromatic heterocycles. The molecule has 0 aliphatic heterocycles. The zero-order chi connectivity index (χ0) is 19.8. The lowest BCUT2D eigenvalue weighted by Crippen LogP contribution is -2.14. The lowest BCUT2D eigenvalue weighted by atomic mass is 10.1. The Morgan fingerprint density at radius 1 is 1.14 bits per heavy atom. The number of carbonyl (C=O) groups excluding carboxylic acids is 1. The summed E-state index contributed by atoms with van der Waals surface area (Å²) >= 11 is 1.66. The predicted octanol–water partition coefficient (Wildman–Crippen LogP) is 5.00. The monoisotopic (exact) mass is 391 g/mol. The van der Waals surface area contributed by atoms with Gasteiger partial charge in [-0.15, -0.1) is 11.3 Å². The molecule has 0 fully saturated rings. The molecule has 0 saturated heterocycles. The molecule has 0 saturated carbocycles. The van der Waals surface area contributed by atoms with E-state index in [-0.39, 0.29) is 11.9 Å². The fourth-order valence-corrected chi connectivity index (χ4v) is 3.84. The van der Waals surface area contributed by atoms with Crippen molar-refractivity contribution in [1.82, 2.24) is 19.7 Å². The first-order valence-corrected chi connectivity index (χ1v) is 9.93. The molecule has 6 nitrogen and oxygen atoms in total. The van der Waals surface area contributed by atoms with Crippen molar-refractivity contribution < 1.29 is 4.79 Å². The number of aromatic nitrogens is 4. The van der Waals surface area contributed by atoms with E-state index in [2.05, 4.69) is 28.4 Å². The summed E-state index contributed by atoms with van der Waals surface area (Å²) in [6.45, 7) is 8.11.